The van der Waals surface area contributed by atoms with Crippen LogP contribution in [0.4, 0.5) is 0 Å². The van der Waals surface area contributed by atoms with Gasteiger partial charge in [0.15, 0.2) is 0 Å². The first-order valence-electron chi connectivity index (χ1n) is 24.7. The van der Waals surface area contributed by atoms with E-state index >= 15 is 0 Å². The molecule has 54 heavy (non-hydrogen) atoms. The summed E-state index contributed by atoms with van der Waals surface area (Å²) in [5.41, 5.74) is 3.20. The maximum atomic E-state index is 2.43. The van der Waals surface area contributed by atoms with E-state index < -0.39 is 6.15 Å². The Morgan fingerprint density at radius 1 is 0.296 bits per heavy atom. The van der Waals surface area contributed by atoms with Gasteiger partial charge in [0, 0.05) is 0 Å². The van der Waals surface area contributed by atoms with Crippen molar-refractivity contribution in [1.29, 1.82) is 0 Å². The van der Waals surface area contributed by atoms with Crippen LogP contribution >= 0.6 is 0 Å². The first-order chi connectivity index (χ1) is 26.6. The molecular formula is C52H96BN. The van der Waals surface area contributed by atoms with E-state index in [9.17, 15) is 0 Å². The van der Waals surface area contributed by atoms with Crippen molar-refractivity contribution in [3.05, 3.63) is 60.7 Å². The fourth-order valence-electron chi connectivity index (χ4n) is 9.25. The number of rotatable bonds is 36. The van der Waals surface area contributed by atoms with E-state index in [1.165, 1.54) is 223 Å². The van der Waals surface area contributed by atoms with E-state index in [1.807, 2.05) is 0 Å². The number of hydrogen-bond acceptors (Lipinski definition) is 0. The summed E-state index contributed by atoms with van der Waals surface area (Å²) in [7, 11) is 0. The van der Waals surface area contributed by atoms with E-state index in [0.29, 0.717) is 0 Å². The van der Waals surface area contributed by atoms with Gasteiger partial charge in [-0.2, -0.15) is 12.6 Å². The molecular weight excluding hydrogens is 649 g/mol. The Labute approximate surface area is 341 Å². The van der Waals surface area contributed by atoms with Gasteiger partial charge >= 0.3 is 0 Å². The van der Waals surface area contributed by atoms with Gasteiger partial charge in [0.1, 0.15) is 0 Å². The molecule has 0 heterocycles. The van der Waals surface area contributed by atoms with Gasteiger partial charge < -0.3 is 4.48 Å². The van der Waals surface area contributed by atoms with Crippen LogP contribution < -0.4 is 10.9 Å². The van der Waals surface area contributed by atoms with E-state index in [0.717, 1.165) is 0 Å². The van der Waals surface area contributed by atoms with Crippen molar-refractivity contribution >= 4 is 17.1 Å². The lowest BCUT2D eigenvalue weighted by Crippen LogP contribution is -2.58. The Kier molecular flexibility index (Phi) is 33.5. The van der Waals surface area contributed by atoms with Crippen molar-refractivity contribution in [3.63, 3.8) is 0 Å². The summed E-state index contributed by atoms with van der Waals surface area (Å²) >= 11 is 0. The van der Waals surface area contributed by atoms with Crippen LogP contribution in [0.2, 0.25) is 12.6 Å². The zero-order valence-electron chi connectivity index (χ0n) is 37.8. The SMILES string of the molecule is CCCCCCCCCCCC[B-](CCCCCCCCCCCC)(c1ccccc1)c1ccccc1.CCCC[N+](CCCC)(CCCC)CCCC. The van der Waals surface area contributed by atoms with Crippen molar-refractivity contribution in [2.24, 2.45) is 0 Å². The van der Waals surface area contributed by atoms with E-state index in [4.69, 9.17) is 0 Å². The lowest BCUT2D eigenvalue weighted by atomic mass is 9.15. The van der Waals surface area contributed by atoms with Gasteiger partial charge in [0.05, 0.1) is 32.3 Å². The second-order valence-corrected chi connectivity index (χ2v) is 17.7. The van der Waals surface area contributed by atoms with Gasteiger partial charge in [-0.25, -0.2) is 10.9 Å². The topological polar surface area (TPSA) is 0 Å². The second-order valence-electron chi connectivity index (χ2n) is 17.7. The lowest BCUT2D eigenvalue weighted by molar-refractivity contribution is -0.929. The summed E-state index contributed by atoms with van der Waals surface area (Å²) in [4.78, 5) is 0. The summed E-state index contributed by atoms with van der Waals surface area (Å²) in [5.74, 6) is 0. The largest absolute Gasteiger partial charge is 0.324 e. The number of nitrogens with zero attached hydrogens (tertiary/aromatic N) is 1. The monoisotopic (exact) mass is 746 g/mol. The minimum atomic E-state index is -0.685. The third-order valence-corrected chi connectivity index (χ3v) is 12.9. The molecule has 0 aliphatic rings. The molecule has 2 heteroatoms. The Balaban J connectivity index is 0.000000720. The Morgan fingerprint density at radius 3 is 0.796 bits per heavy atom. The summed E-state index contributed by atoms with van der Waals surface area (Å²) < 4.78 is 1.42. The molecule has 0 aliphatic carbocycles. The van der Waals surface area contributed by atoms with Crippen LogP contribution in [0.5, 0.6) is 0 Å². The van der Waals surface area contributed by atoms with Crippen LogP contribution in [0.25, 0.3) is 0 Å². The van der Waals surface area contributed by atoms with Crippen LogP contribution in [0.15, 0.2) is 60.7 Å². The second kappa shape index (κ2) is 35.8. The van der Waals surface area contributed by atoms with Crippen molar-refractivity contribution in [2.45, 2.75) is 234 Å². The molecule has 1 nitrogen and oxygen atoms in total. The highest BCUT2D eigenvalue weighted by molar-refractivity contribution is 7.02. The molecule has 0 fully saturated rings. The first kappa shape index (κ1) is 50.5. The fraction of sp³-hybridized carbons (Fsp3) is 0.769. The number of unbranched alkanes of at least 4 members (excludes halogenated alkanes) is 22. The molecule has 0 amide bonds. The van der Waals surface area contributed by atoms with Crippen LogP contribution in [0.3, 0.4) is 0 Å². The number of quaternary nitrogens is 1. The van der Waals surface area contributed by atoms with Crippen LogP contribution in [-0.4, -0.2) is 36.8 Å². The fourth-order valence-corrected chi connectivity index (χ4v) is 9.25. The molecule has 0 bridgehead atoms. The minimum absolute atomic E-state index is 0.685. The smallest absolute Gasteiger partial charge is 0.0786 e. The lowest BCUT2D eigenvalue weighted by Gasteiger charge is -2.42. The normalized spacial score (nSPS) is 11.8. The molecule has 0 N–H and O–H groups in total. The molecule has 0 saturated heterocycles. The molecule has 2 rings (SSSR count). The maximum absolute atomic E-state index is 2.43. The number of benzene rings is 2. The number of hydrogen-bond donors (Lipinski definition) is 0. The zero-order valence-corrected chi connectivity index (χ0v) is 37.8. The van der Waals surface area contributed by atoms with Gasteiger partial charge in [-0.15, -0.1) is 0 Å². The molecule has 0 aliphatic heterocycles. The highest BCUT2D eigenvalue weighted by atomic mass is 15.3. The summed E-state index contributed by atoms with van der Waals surface area (Å²) in [6, 6.07) is 23.2. The molecule has 2 aromatic carbocycles. The molecule has 0 unspecified atom stereocenters. The van der Waals surface area contributed by atoms with Gasteiger partial charge in [0.2, 0.25) is 0 Å². The molecule has 0 saturated carbocycles. The average Bonchev–Trinajstić information content (AvgIpc) is 3.22. The molecule has 0 radical (unpaired) electrons. The standard InChI is InChI=1S/C36H60B.C16H36N/c1-3-5-7-9-11-13-15-17-19-27-33-37(35-29-23-21-24-30-35,36-31-25-22-26-32-36)34-28-20-18-16-14-12-10-8-6-4-2;1-5-9-13-17(14-10-6-2,15-11-7-3)16-12-8-4/h21-26,29-32H,3-20,27-28,33-34H2,1-2H3;5-16H2,1-4H3/q-1;+1. The average molecular weight is 746 g/mol. The van der Waals surface area contributed by atoms with Gasteiger partial charge in [0.25, 0.3) is 0 Å². The van der Waals surface area contributed by atoms with Crippen molar-refractivity contribution in [3.8, 4) is 0 Å². The highest BCUT2D eigenvalue weighted by Crippen LogP contribution is 2.25. The van der Waals surface area contributed by atoms with E-state index in [2.05, 4.69) is 102 Å². The van der Waals surface area contributed by atoms with Crippen molar-refractivity contribution < 1.29 is 4.48 Å². The molecule has 0 aromatic heterocycles. The van der Waals surface area contributed by atoms with Crippen molar-refractivity contribution in [1.82, 2.24) is 0 Å². The summed E-state index contributed by atoms with van der Waals surface area (Å²) in [6.45, 7) is 19.6. The van der Waals surface area contributed by atoms with Crippen molar-refractivity contribution in [2.75, 3.05) is 26.2 Å². The quantitative estimate of drug-likeness (QED) is 0.0370. The predicted molar refractivity (Wildman–Crippen MR) is 251 cm³/mol. The third-order valence-electron chi connectivity index (χ3n) is 12.9. The molecule has 0 spiro atoms. The molecule has 312 valence electrons. The highest BCUT2D eigenvalue weighted by Gasteiger charge is 2.27. The Morgan fingerprint density at radius 2 is 0.537 bits per heavy atom. The predicted octanol–water partition coefficient (Wildman–Crippen LogP) is 16.1. The van der Waals surface area contributed by atoms with Crippen LogP contribution in [0.1, 0.15) is 221 Å². The van der Waals surface area contributed by atoms with Gasteiger partial charge in [-0.3, -0.25) is 0 Å². The summed E-state index contributed by atoms with van der Waals surface area (Å²) in [5, 5.41) is 0. The molecule has 0 atom stereocenters. The van der Waals surface area contributed by atoms with Crippen LogP contribution in [-0.2, 0) is 0 Å². The van der Waals surface area contributed by atoms with Gasteiger partial charge in [-0.05, 0) is 25.7 Å². The van der Waals surface area contributed by atoms with E-state index in [1.54, 1.807) is 10.9 Å². The Bertz CT molecular complexity index is 916. The van der Waals surface area contributed by atoms with E-state index in [-0.39, 0.29) is 0 Å². The maximum Gasteiger partial charge on any atom is 0.0786 e. The molecule has 2 aromatic rings. The summed E-state index contributed by atoms with van der Waals surface area (Å²) in [6.07, 6.45) is 41.4. The van der Waals surface area contributed by atoms with Gasteiger partial charge in [-0.1, -0.05) is 256 Å². The van der Waals surface area contributed by atoms with Crippen LogP contribution in [0, 0.1) is 0 Å². The zero-order chi connectivity index (χ0) is 39.3. The third kappa shape index (κ3) is 23.5. The Hall–Kier alpha value is -1.54. The minimum Gasteiger partial charge on any atom is -0.324 e. The first-order valence-corrected chi connectivity index (χ1v) is 24.7.